The van der Waals surface area contributed by atoms with Crippen molar-refractivity contribution in [3.05, 3.63) is 70.3 Å². The van der Waals surface area contributed by atoms with E-state index in [9.17, 15) is 19.7 Å². The topological polar surface area (TPSA) is 102 Å². The Bertz CT molecular complexity index is 853. The predicted molar refractivity (Wildman–Crippen MR) is 97.2 cm³/mol. The summed E-state index contributed by atoms with van der Waals surface area (Å²) in [6.45, 7) is 2.18. The van der Waals surface area contributed by atoms with E-state index in [4.69, 9.17) is 4.74 Å². The molecule has 0 bridgehead atoms. The van der Waals surface area contributed by atoms with Gasteiger partial charge in [-0.1, -0.05) is 18.2 Å². The van der Waals surface area contributed by atoms with Gasteiger partial charge in [-0.05, 0) is 43.2 Å². The van der Waals surface area contributed by atoms with Gasteiger partial charge in [-0.25, -0.2) is 4.79 Å². The third kappa shape index (κ3) is 3.74. The molecule has 8 nitrogen and oxygen atoms in total. The summed E-state index contributed by atoms with van der Waals surface area (Å²) in [5, 5.41) is 13.5. The van der Waals surface area contributed by atoms with Crippen molar-refractivity contribution in [1.82, 2.24) is 10.2 Å². The van der Waals surface area contributed by atoms with E-state index in [2.05, 4.69) is 5.32 Å². The number of urea groups is 1. The molecule has 0 radical (unpaired) electrons. The van der Waals surface area contributed by atoms with Crippen LogP contribution in [-0.4, -0.2) is 34.9 Å². The largest absolute Gasteiger partial charge is 0.494 e. The van der Waals surface area contributed by atoms with E-state index in [1.165, 1.54) is 24.3 Å². The molecule has 0 aliphatic carbocycles. The summed E-state index contributed by atoms with van der Waals surface area (Å²) >= 11 is 0. The summed E-state index contributed by atoms with van der Waals surface area (Å²) in [5.74, 6) is 0.339. The predicted octanol–water partition coefficient (Wildman–Crippen LogP) is 2.83. The van der Waals surface area contributed by atoms with E-state index in [1.54, 1.807) is 6.92 Å². The van der Waals surface area contributed by atoms with Crippen molar-refractivity contribution in [3.63, 3.8) is 0 Å². The lowest BCUT2D eigenvalue weighted by Crippen LogP contribution is -2.41. The average Bonchev–Trinajstić information content (AvgIpc) is 2.89. The highest BCUT2D eigenvalue weighted by molar-refractivity contribution is 6.07. The number of amides is 3. The molecule has 8 heteroatoms. The summed E-state index contributed by atoms with van der Waals surface area (Å²) in [5.41, 5.74) is -0.824. The van der Waals surface area contributed by atoms with Gasteiger partial charge >= 0.3 is 6.03 Å². The maximum Gasteiger partial charge on any atom is 0.325 e. The minimum atomic E-state index is -1.24. The van der Waals surface area contributed by atoms with E-state index in [1.807, 2.05) is 30.3 Å². The van der Waals surface area contributed by atoms with Crippen molar-refractivity contribution in [1.29, 1.82) is 0 Å². The highest BCUT2D eigenvalue weighted by Crippen LogP contribution is 2.30. The fourth-order valence-electron chi connectivity index (χ4n) is 2.94. The Kier molecular flexibility index (Phi) is 5.07. The quantitative estimate of drug-likeness (QED) is 0.350. The molecule has 2 aromatic rings. The second-order valence-electron chi connectivity index (χ2n) is 6.33. The van der Waals surface area contributed by atoms with Crippen LogP contribution < -0.4 is 10.1 Å². The standard InChI is InChI=1S/C19H19N3O5/c1-19(14-8-10-15(11-9-14)22(25)26)17(23)21(18(24)20-19)12-5-13-27-16-6-3-2-4-7-16/h2-4,6-11H,5,12-13H2,1H3,(H,20,24)/t19-/m0/s1. The maximum atomic E-state index is 12.8. The number of hydrogen-bond donors (Lipinski definition) is 1. The Labute approximate surface area is 155 Å². The number of benzene rings is 2. The van der Waals surface area contributed by atoms with Gasteiger partial charge in [0.1, 0.15) is 11.3 Å². The first-order valence-corrected chi connectivity index (χ1v) is 8.49. The van der Waals surface area contributed by atoms with Gasteiger partial charge in [0.15, 0.2) is 0 Å². The van der Waals surface area contributed by atoms with Crippen LogP contribution in [0.3, 0.4) is 0 Å². The smallest absolute Gasteiger partial charge is 0.325 e. The number of hydrogen-bond acceptors (Lipinski definition) is 5. The molecule has 2 aromatic carbocycles. The van der Waals surface area contributed by atoms with Gasteiger partial charge in [-0.2, -0.15) is 0 Å². The summed E-state index contributed by atoms with van der Waals surface area (Å²) < 4.78 is 5.57. The van der Waals surface area contributed by atoms with Crippen molar-refractivity contribution in [2.45, 2.75) is 18.9 Å². The van der Waals surface area contributed by atoms with Crippen LogP contribution in [0.1, 0.15) is 18.9 Å². The molecule has 1 aliphatic heterocycles. The summed E-state index contributed by atoms with van der Waals surface area (Å²) in [6.07, 6.45) is 0.490. The molecule has 1 fully saturated rings. The van der Waals surface area contributed by atoms with E-state index in [0.29, 0.717) is 18.6 Å². The van der Waals surface area contributed by atoms with Gasteiger partial charge in [0.05, 0.1) is 11.5 Å². The Morgan fingerprint density at radius 2 is 1.78 bits per heavy atom. The minimum absolute atomic E-state index is 0.0750. The molecular weight excluding hydrogens is 350 g/mol. The third-order valence-electron chi connectivity index (χ3n) is 4.47. The highest BCUT2D eigenvalue weighted by Gasteiger charge is 2.48. The van der Waals surface area contributed by atoms with Crippen molar-refractivity contribution < 1.29 is 19.2 Å². The number of nitrogens with one attached hydrogen (secondary N) is 1. The van der Waals surface area contributed by atoms with E-state index in [0.717, 1.165) is 10.6 Å². The zero-order valence-electron chi connectivity index (χ0n) is 14.8. The maximum absolute atomic E-state index is 12.8. The molecule has 0 aromatic heterocycles. The van der Waals surface area contributed by atoms with Crippen LogP contribution in [0.25, 0.3) is 0 Å². The fourth-order valence-corrected chi connectivity index (χ4v) is 2.94. The molecule has 3 rings (SSSR count). The van der Waals surface area contributed by atoms with Crippen LogP contribution in [0.15, 0.2) is 54.6 Å². The van der Waals surface area contributed by atoms with Gasteiger partial charge in [0.25, 0.3) is 11.6 Å². The molecule has 3 amide bonds. The molecule has 0 unspecified atom stereocenters. The number of para-hydroxylation sites is 1. The van der Waals surface area contributed by atoms with Crippen LogP contribution >= 0.6 is 0 Å². The molecule has 140 valence electrons. The molecule has 27 heavy (non-hydrogen) atoms. The third-order valence-corrected chi connectivity index (χ3v) is 4.47. The number of non-ortho nitro benzene ring substituents is 1. The number of imide groups is 1. The molecule has 1 heterocycles. The summed E-state index contributed by atoms with van der Waals surface area (Å²) in [6, 6.07) is 14.4. The molecule has 0 spiro atoms. The fraction of sp³-hybridized carbons (Fsp3) is 0.263. The van der Waals surface area contributed by atoms with Crippen LogP contribution in [-0.2, 0) is 10.3 Å². The van der Waals surface area contributed by atoms with Gasteiger partial charge in [0, 0.05) is 18.7 Å². The Morgan fingerprint density at radius 3 is 2.41 bits per heavy atom. The second kappa shape index (κ2) is 7.45. The van der Waals surface area contributed by atoms with E-state index in [-0.39, 0.29) is 18.1 Å². The van der Waals surface area contributed by atoms with Gasteiger partial charge < -0.3 is 10.1 Å². The number of ether oxygens (including phenoxy) is 1. The van der Waals surface area contributed by atoms with Gasteiger partial charge in [0.2, 0.25) is 0 Å². The zero-order chi connectivity index (χ0) is 19.4. The lowest BCUT2D eigenvalue weighted by atomic mass is 9.92. The molecule has 1 atom stereocenters. The average molecular weight is 369 g/mol. The Hall–Kier alpha value is -3.42. The van der Waals surface area contributed by atoms with Crippen molar-refractivity contribution >= 4 is 17.6 Å². The molecule has 1 aliphatic rings. The molecule has 1 saturated heterocycles. The number of nitro groups is 1. The van der Waals surface area contributed by atoms with Crippen molar-refractivity contribution in [2.75, 3.05) is 13.2 Å². The van der Waals surface area contributed by atoms with Crippen LogP contribution in [0.4, 0.5) is 10.5 Å². The van der Waals surface area contributed by atoms with Gasteiger partial charge in [-0.15, -0.1) is 0 Å². The van der Waals surface area contributed by atoms with E-state index >= 15 is 0 Å². The second-order valence-corrected chi connectivity index (χ2v) is 6.33. The summed E-state index contributed by atoms with van der Waals surface area (Å²) in [4.78, 5) is 36.5. The minimum Gasteiger partial charge on any atom is -0.494 e. The number of nitrogens with zero attached hydrogens (tertiary/aromatic N) is 2. The van der Waals surface area contributed by atoms with E-state index < -0.39 is 16.5 Å². The SMILES string of the molecule is C[C@@]1(c2ccc([N+](=O)[O-])cc2)NC(=O)N(CCCOc2ccccc2)C1=O. The normalized spacial score (nSPS) is 19.1. The number of carbonyl (C=O) groups excluding carboxylic acids is 2. The monoisotopic (exact) mass is 369 g/mol. The highest BCUT2D eigenvalue weighted by atomic mass is 16.6. The first-order valence-electron chi connectivity index (χ1n) is 8.49. The number of carbonyl (C=O) groups is 2. The number of nitro benzene ring substituents is 1. The first kappa shape index (κ1) is 18.4. The summed E-state index contributed by atoms with van der Waals surface area (Å²) in [7, 11) is 0. The number of rotatable bonds is 7. The lowest BCUT2D eigenvalue weighted by Gasteiger charge is -2.22. The van der Waals surface area contributed by atoms with Crippen LogP contribution in [0.5, 0.6) is 5.75 Å². The van der Waals surface area contributed by atoms with Crippen LogP contribution in [0, 0.1) is 10.1 Å². The first-order chi connectivity index (χ1) is 12.9. The molecular formula is C19H19N3O5. The van der Waals surface area contributed by atoms with Crippen molar-refractivity contribution in [2.24, 2.45) is 0 Å². The lowest BCUT2D eigenvalue weighted by molar-refractivity contribution is -0.384. The van der Waals surface area contributed by atoms with Crippen LogP contribution in [0.2, 0.25) is 0 Å². The van der Waals surface area contributed by atoms with Crippen molar-refractivity contribution in [3.8, 4) is 5.75 Å². The zero-order valence-corrected chi connectivity index (χ0v) is 14.8. The Morgan fingerprint density at radius 1 is 1.11 bits per heavy atom. The Balaban J connectivity index is 1.62. The molecule has 0 saturated carbocycles. The van der Waals surface area contributed by atoms with Gasteiger partial charge in [-0.3, -0.25) is 19.8 Å². The molecule has 1 N–H and O–H groups in total.